The predicted molar refractivity (Wildman–Crippen MR) is 86.4 cm³/mol. The second-order valence-corrected chi connectivity index (χ2v) is 5.98. The Morgan fingerprint density at radius 1 is 1.22 bits per heavy atom. The van der Waals surface area contributed by atoms with E-state index in [0.29, 0.717) is 5.69 Å². The zero-order valence-corrected chi connectivity index (χ0v) is 12.9. The fourth-order valence-electron chi connectivity index (χ4n) is 2.85. The summed E-state index contributed by atoms with van der Waals surface area (Å²) in [6.07, 6.45) is 7.77. The van der Waals surface area contributed by atoms with Gasteiger partial charge in [0.15, 0.2) is 0 Å². The fraction of sp³-hybridized carbons (Fsp3) is 0.438. The third-order valence-electron chi connectivity index (χ3n) is 4.17. The number of amides is 2. The predicted octanol–water partition coefficient (Wildman–Crippen LogP) is 2.08. The van der Waals surface area contributed by atoms with Crippen molar-refractivity contribution in [2.75, 3.05) is 11.9 Å². The van der Waals surface area contributed by atoms with Crippen LogP contribution < -0.4 is 10.6 Å². The number of aromatic nitrogens is 3. The summed E-state index contributed by atoms with van der Waals surface area (Å²) in [4.78, 5) is 15.8. The van der Waals surface area contributed by atoms with Crippen LogP contribution in [0.1, 0.15) is 32.1 Å². The van der Waals surface area contributed by atoms with Gasteiger partial charge in [0.05, 0.1) is 11.3 Å². The molecule has 0 aliphatic heterocycles. The summed E-state index contributed by atoms with van der Waals surface area (Å²) < 4.78 is 1.64. The summed E-state index contributed by atoms with van der Waals surface area (Å²) in [5.74, 6) is 0. The van der Waals surface area contributed by atoms with Gasteiger partial charge >= 0.3 is 6.03 Å². The summed E-state index contributed by atoms with van der Waals surface area (Å²) in [7, 11) is 0. The van der Waals surface area contributed by atoms with E-state index in [1.54, 1.807) is 23.1 Å². The number of aliphatic hydroxyl groups is 1. The molecule has 0 bridgehead atoms. The number of nitrogens with one attached hydrogen (secondary N) is 2. The Kier molecular flexibility index (Phi) is 4.57. The van der Waals surface area contributed by atoms with Crippen LogP contribution in [0.5, 0.6) is 0 Å². The molecule has 0 saturated heterocycles. The Morgan fingerprint density at radius 3 is 2.61 bits per heavy atom. The second-order valence-electron chi connectivity index (χ2n) is 5.98. The van der Waals surface area contributed by atoms with Gasteiger partial charge in [-0.25, -0.2) is 14.5 Å². The number of benzene rings is 1. The molecule has 122 valence electrons. The number of urea groups is 1. The highest BCUT2D eigenvalue weighted by atomic mass is 16.3. The average Bonchev–Trinajstić information content (AvgIpc) is 3.09. The number of rotatable bonds is 4. The Bertz CT molecular complexity index is 633. The van der Waals surface area contributed by atoms with Crippen molar-refractivity contribution in [1.82, 2.24) is 20.1 Å². The molecule has 1 aliphatic carbocycles. The van der Waals surface area contributed by atoms with E-state index < -0.39 is 5.60 Å². The smallest absolute Gasteiger partial charge is 0.319 e. The zero-order chi connectivity index (χ0) is 16.1. The number of anilines is 1. The molecular formula is C16H21N5O2. The van der Waals surface area contributed by atoms with E-state index in [9.17, 15) is 9.90 Å². The van der Waals surface area contributed by atoms with Crippen molar-refractivity contribution in [3.8, 4) is 5.69 Å². The maximum atomic E-state index is 12.0. The number of carbonyl (C=O) groups excluding carboxylic acids is 1. The van der Waals surface area contributed by atoms with Crippen LogP contribution in [-0.4, -0.2) is 38.0 Å². The second kappa shape index (κ2) is 6.78. The van der Waals surface area contributed by atoms with E-state index in [1.165, 1.54) is 6.33 Å². The zero-order valence-electron chi connectivity index (χ0n) is 12.9. The topological polar surface area (TPSA) is 92.1 Å². The van der Waals surface area contributed by atoms with E-state index in [4.69, 9.17) is 0 Å². The molecule has 0 atom stereocenters. The van der Waals surface area contributed by atoms with Gasteiger partial charge < -0.3 is 15.7 Å². The lowest BCUT2D eigenvalue weighted by Gasteiger charge is -2.32. The van der Waals surface area contributed by atoms with Gasteiger partial charge in [0, 0.05) is 12.2 Å². The van der Waals surface area contributed by atoms with Crippen molar-refractivity contribution < 1.29 is 9.90 Å². The molecule has 1 aliphatic rings. The summed E-state index contributed by atoms with van der Waals surface area (Å²) in [6.45, 7) is 0.288. The van der Waals surface area contributed by atoms with Crippen molar-refractivity contribution >= 4 is 11.7 Å². The largest absolute Gasteiger partial charge is 0.388 e. The van der Waals surface area contributed by atoms with Crippen molar-refractivity contribution in [3.63, 3.8) is 0 Å². The maximum Gasteiger partial charge on any atom is 0.319 e. The molecule has 1 saturated carbocycles. The molecule has 7 heteroatoms. The number of hydrogen-bond acceptors (Lipinski definition) is 4. The van der Waals surface area contributed by atoms with Crippen molar-refractivity contribution in [2.45, 2.75) is 37.7 Å². The summed E-state index contributed by atoms with van der Waals surface area (Å²) >= 11 is 0. The molecule has 1 aromatic carbocycles. The van der Waals surface area contributed by atoms with Crippen molar-refractivity contribution in [2.24, 2.45) is 0 Å². The standard InChI is InChI=1S/C16H21N5O2/c22-15(18-10-16(23)8-2-1-3-9-16)20-13-4-6-14(7-5-13)21-12-17-11-19-21/h4-7,11-12,23H,1-3,8-10H2,(H2,18,20,22). The van der Waals surface area contributed by atoms with Crippen LogP contribution in [0, 0.1) is 0 Å². The monoisotopic (exact) mass is 315 g/mol. The molecule has 0 unspecified atom stereocenters. The lowest BCUT2D eigenvalue weighted by molar-refractivity contribution is 0.00755. The van der Waals surface area contributed by atoms with E-state index in [0.717, 1.165) is 37.8 Å². The minimum absolute atomic E-state index is 0.288. The molecular weight excluding hydrogens is 294 g/mol. The number of carbonyl (C=O) groups is 1. The van der Waals surface area contributed by atoms with Crippen LogP contribution in [0.3, 0.4) is 0 Å². The van der Waals surface area contributed by atoms with Crippen LogP contribution in [0.2, 0.25) is 0 Å². The quantitative estimate of drug-likeness (QED) is 0.805. The van der Waals surface area contributed by atoms with Gasteiger partial charge in [-0.15, -0.1) is 0 Å². The Morgan fingerprint density at radius 2 is 1.96 bits per heavy atom. The normalized spacial score (nSPS) is 16.7. The maximum absolute atomic E-state index is 12.0. The summed E-state index contributed by atoms with van der Waals surface area (Å²) in [5.41, 5.74) is 0.791. The molecule has 2 amide bonds. The fourth-order valence-corrected chi connectivity index (χ4v) is 2.85. The van der Waals surface area contributed by atoms with E-state index >= 15 is 0 Å². The lowest BCUT2D eigenvalue weighted by atomic mass is 9.85. The minimum atomic E-state index is -0.757. The molecule has 0 spiro atoms. The van der Waals surface area contributed by atoms with Crippen molar-refractivity contribution in [3.05, 3.63) is 36.9 Å². The molecule has 3 N–H and O–H groups in total. The molecule has 1 aromatic heterocycles. The van der Waals surface area contributed by atoms with Gasteiger partial charge in [0.25, 0.3) is 0 Å². The summed E-state index contributed by atoms with van der Waals surface area (Å²) in [5, 5.41) is 19.9. The number of nitrogens with zero attached hydrogens (tertiary/aromatic N) is 3. The minimum Gasteiger partial charge on any atom is -0.388 e. The lowest BCUT2D eigenvalue weighted by Crippen LogP contribution is -2.45. The highest BCUT2D eigenvalue weighted by Gasteiger charge is 2.29. The van der Waals surface area contributed by atoms with E-state index in [1.807, 2.05) is 12.1 Å². The van der Waals surface area contributed by atoms with Gasteiger partial charge in [0.1, 0.15) is 12.7 Å². The molecule has 1 fully saturated rings. The van der Waals surface area contributed by atoms with E-state index in [2.05, 4.69) is 20.7 Å². The Hall–Kier alpha value is -2.41. The Balaban J connectivity index is 1.51. The van der Waals surface area contributed by atoms with Crippen LogP contribution in [-0.2, 0) is 0 Å². The van der Waals surface area contributed by atoms with Gasteiger partial charge in [-0.3, -0.25) is 0 Å². The molecule has 0 radical (unpaired) electrons. The van der Waals surface area contributed by atoms with Crippen LogP contribution >= 0.6 is 0 Å². The van der Waals surface area contributed by atoms with E-state index in [-0.39, 0.29) is 12.6 Å². The van der Waals surface area contributed by atoms with Crippen molar-refractivity contribution in [1.29, 1.82) is 0 Å². The van der Waals surface area contributed by atoms with Crippen LogP contribution in [0.15, 0.2) is 36.9 Å². The molecule has 1 heterocycles. The average molecular weight is 315 g/mol. The van der Waals surface area contributed by atoms with Crippen LogP contribution in [0.4, 0.5) is 10.5 Å². The molecule has 2 aromatic rings. The molecule has 3 rings (SSSR count). The third kappa shape index (κ3) is 4.07. The van der Waals surface area contributed by atoms with Gasteiger partial charge in [-0.05, 0) is 37.1 Å². The number of hydrogen-bond donors (Lipinski definition) is 3. The SMILES string of the molecule is O=C(NCC1(O)CCCCC1)Nc1ccc(-n2cncn2)cc1. The molecule has 23 heavy (non-hydrogen) atoms. The molecule has 7 nitrogen and oxygen atoms in total. The highest BCUT2D eigenvalue weighted by Crippen LogP contribution is 2.27. The Labute approximate surface area is 134 Å². The first-order chi connectivity index (χ1) is 11.1. The van der Waals surface area contributed by atoms with Gasteiger partial charge in [-0.2, -0.15) is 5.10 Å². The van der Waals surface area contributed by atoms with Gasteiger partial charge in [0.2, 0.25) is 0 Å². The van der Waals surface area contributed by atoms with Crippen LogP contribution in [0.25, 0.3) is 5.69 Å². The first-order valence-electron chi connectivity index (χ1n) is 7.87. The first-order valence-corrected chi connectivity index (χ1v) is 7.87. The summed E-state index contributed by atoms with van der Waals surface area (Å²) in [6, 6.07) is 6.98. The highest BCUT2D eigenvalue weighted by molar-refractivity contribution is 5.89. The van der Waals surface area contributed by atoms with Gasteiger partial charge in [-0.1, -0.05) is 19.3 Å². The first kappa shape index (κ1) is 15.5. The third-order valence-corrected chi connectivity index (χ3v) is 4.17.